The normalized spacial score (nSPS) is 18.9. The Balaban J connectivity index is 1.50. The van der Waals surface area contributed by atoms with Crippen LogP contribution in [0.4, 0.5) is 11.5 Å². The van der Waals surface area contributed by atoms with E-state index in [4.69, 9.17) is 0 Å². The Morgan fingerprint density at radius 2 is 2.14 bits per heavy atom. The number of aromatic amines is 2. The van der Waals surface area contributed by atoms with Crippen molar-refractivity contribution < 1.29 is 4.79 Å². The Morgan fingerprint density at radius 3 is 2.92 bits per heavy atom. The Kier molecular flexibility index (Phi) is 6.22. The van der Waals surface area contributed by atoms with Gasteiger partial charge >= 0.3 is 5.69 Å². The number of nitrogens with zero attached hydrogens (tertiary/aromatic N) is 6. The van der Waals surface area contributed by atoms with Gasteiger partial charge in [0.1, 0.15) is 5.82 Å². The average Bonchev–Trinajstić information content (AvgIpc) is 3.26. The molecule has 2 N–H and O–H groups in total. The topological polar surface area (TPSA) is 125 Å². The summed E-state index contributed by atoms with van der Waals surface area (Å²) in [7, 11) is 0. The minimum atomic E-state index is -0.390. The number of hydrogen-bond donors (Lipinski definition) is 2. The van der Waals surface area contributed by atoms with Gasteiger partial charge in [0.15, 0.2) is 0 Å². The fourth-order valence-corrected chi connectivity index (χ4v) is 5.54. The van der Waals surface area contributed by atoms with Crippen molar-refractivity contribution in [2.45, 2.75) is 39.3 Å². The lowest BCUT2D eigenvalue weighted by molar-refractivity contribution is -0.129. The number of fused-ring (bicyclic) bond motifs is 2. The van der Waals surface area contributed by atoms with Crippen molar-refractivity contribution in [1.29, 1.82) is 5.26 Å². The Morgan fingerprint density at radius 1 is 1.31 bits per heavy atom. The first-order valence-electron chi connectivity index (χ1n) is 12.3. The van der Waals surface area contributed by atoms with Crippen molar-refractivity contribution in [3.05, 3.63) is 58.3 Å². The summed E-state index contributed by atoms with van der Waals surface area (Å²) in [5.41, 5.74) is 4.75. The predicted octanol–water partition coefficient (Wildman–Crippen LogP) is 2.27. The van der Waals surface area contributed by atoms with Crippen molar-refractivity contribution >= 4 is 28.3 Å². The van der Waals surface area contributed by atoms with Gasteiger partial charge in [-0.15, -0.1) is 0 Å². The summed E-state index contributed by atoms with van der Waals surface area (Å²) in [4.78, 5) is 38.6. The summed E-state index contributed by atoms with van der Waals surface area (Å²) in [5.74, 6) is 0.111. The zero-order valence-corrected chi connectivity index (χ0v) is 20.6. The van der Waals surface area contributed by atoms with E-state index in [1.807, 2.05) is 19.2 Å². The number of aromatic nitrogens is 4. The molecular formula is C26H30N8O2. The van der Waals surface area contributed by atoms with E-state index in [1.165, 1.54) is 6.08 Å². The van der Waals surface area contributed by atoms with Crippen LogP contribution in [0.1, 0.15) is 30.2 Å². The van der Waals surface area contributed by atoms with Crippen LogP contribution in [-0.2, 0) is 17.8 Å². The van der Waals surface area contributed by atoms with Gasteiger partial charge in [-0.05, 0) is 44.4 Å². The number of anilines is 2. The van der Waals surface area contributed by atoms with Gasteiger partial charge in [-0.2, -0.15) is 15.3 Å². The number of amides is 1. The summed E-state index contributed by atoms with van der Waals surface area (Å²) < 4.78 is 0. The number of H-pyrrole nitrogens is 2. The van der Waals surface area contributed by atoms with Crippen molar-refractivity contribution in [2.75, 3.05) is 36.0 Å². The van der Waals surface area contributed by atoms with Gasteiger partial charge in [-0.1, -0.05) is 12.6 Å². The zero-order valence-electron chi connectivity index (χ0n) is 20.6. The minimum Gasteiger partial charge on any atom is -0.365 e. The molecule has 2 aliphatic rings. The number of carbonyl (C=O) groups is 1. The molecule has 10 heteroatoms. The number of aryl methyl sites for hydroxylation is 1. The van der Waals surface area contributed by atoms with Crippen LogP contribution in [0.25, 0.3) is 10.9 Å². The van der Waals surface area contributed by atoms with Gasteiger partial charge in [-0.25, -0.2) is 4.79 Å². The summed E-state index contributed by atoms with van der Waals surface area (Å²) in [6.07, 6.45) is 4.82. The Bertz CT molecular complexity index is 1420. The highest BCUT2D eigenvalue weighted by atomic mass is 16.2. The fraction of sp³-hybridized carbons (Fsp3) is 0.423. The molecule has 2 aromatic heterocycles. The maximum absolute atomic E-state index is 12.7. The molecule has 3 aromatic rings. The van der Waals surface area contributed by atoms with Crippen LogP contribution in [0.3, 0.4) is 0 Å². The number of piperazine rings is 1. The molecule has 1 amide bonds. The lowest BCUT2D eigenvalue weighted by Gasteiger charge is -2.43. The number of benzene rings is 1. The van der Waals surface area contributed by atoms with Crippen LogP contribution in [-0.4, -0.2) is 63.2 Å². The van der Waals surface area contributed by atoms with E-state index in [-0.39, 0.29) is 17.9 Å². The molecule has 186 valence electrons. The molecule has 4 heterocycles. The molecule has 36 heavy (non-hydrogen) atoms. The summed E-state index contributed by atoms with van der Waals surface area (Å²) in [6.45, 7) is 10.3. The highest BCUT2D eigenvalue weighted by molar-refractivity contribution is 5.93. The molecule has 1 aromatic carbocycles. The fourth-order valence-electron chi connectivity index (χ4n) is 5.54. The van der Waals surface area contributed by atoms with Gasteiger partial charge in [0.05, 0.1) is 42.0 Å². The molecule has 0 radical (unpaired) electrons. The van der Waals surface area contributed by atoms with Crippen LogP contribution in [0.2, 0.25) is 0 Å². The lowest BCUT2D eigenvalue weighted by atomic mass is 9.98. The second kappa shape index (κ2) is 9.49. The highest BCUT2D eigenvalue weighted by Crippen LogP contribution is 2.34. The highest BCUT2D eigenvalue weighted by Gasteiger charge is 2.35. The van der Waals surface area contributed by atoms with Crippen LogP contribution in [0, 0.1) is 24.2 Å². The Hall–Kier alpha value is -4.13. The lowest BCUT2D eigenvalue weighted by Crippen LogP contribution is -2.57. The second-order valence-electron chi connectivity index (χ2n) is 9.58. The van der Waals surface area contributed by atoms with E-state index >= 15 is 0 Å². The van der Waals surface area contributed by atoms with Crippen molar-refractivity contribution in [3.8, 4) is 6.07 Å². The maximum Gasteiger partial charge on any atom is 0.347 e. The molecule has 0 aliphatic carbocycles. The Labute approximate surface area is 209 Å². The van der Waals surface area contributed by atoms with Gasteiger partial charge < -0.3 is 19.7 Å². The monoisotopic (exact) mass is 486 g/mol. The van der Waals surface area contributed by atoms with Gasteiger partial charge in [0.25, 0.3) is 0 Å². The minimum absolute atomic E-state index is 0.182. The van der Waals surface area contributed by atoms with Crippen LogP contribution >= 0.6 is 0 Å². The SMILES string of the molecule is C=CC(=O)N1CCN(c2nc(=O)[nH]c3c2CCCN(c2c(C)ccc4[nH]ncc24)C3)C[C@@H]1[C@@H](C)C#N. The third-order valence-electron chi connectivity index (χ3n) is 7.37. The van der Waals surface area contributed by atoms with Crippen LogP contribution < -0.4 is 15.5 Å². The van der Waals surface area contributed by atoms with Crippen LogP contribution in [0.15, 0.2) is 35.8 Å². The maximum atomic E-state index is 12.7. The quantitative estimate of drug-likeness (QED) is 0.542. The standard InChI is InChI=1S/C26H30N8O2/c1-4-23(35)34-11-10-33(15-22(34)17(3)12-27)25-18-6-5-9-32(14-21(18)29-26(36)30-25)24-16(2)7-8-20-19(24)13-28-31-20/h4,7-8,13,17,22H,1,5-6,9-11,14-15H2,2-3H3,(H,28,31)(H,29,30,36)/t17-,22+/m0/s1. The van der Waals surface area contributed by atoms with Crippen molar-refractivity contribution in [2.24, 2.45) is 5.92 Å². The average molecular weight is 487 g/mol. The summed E-state index contributed by atoms with van der Waals surface area (Å²) in [5, 5.41) is 17.9. The third kappa shape index (κ3) is 4.11. The molecule has 0 bridgehead atoms. The van der Waals surface area contributed by atoms with E-state index in [0.29, 0.717) is 32.0 Å². The molecule has 2 atom stereocenters. The van der Waals surface area contributed by atoms with Crippen molar-refractivity contribution in [1.82, 2.24) is 25.1 Å². The molecule has 5 rings (SSSR count). The first kappa shape index (κ1) is 23.6. The zero-order chi connectivity index (χ0) is 25.4. The van der Waals surface area contributed by atoms with E-state index in [2.05, 4.69) is 55.6 Å². The van der Waals surface area contributed by atoms with E-state index in [0.717, 1.165) is 52.8 Å². The van der Waals surface area contributed by atoms with E-state index in [1.54, 1.807) is 4.90 Å². The molecule has 0 unspecified atom stereocenters. The second-order valence-corrected chi connectivity index (χ2v) is 9.58. The van der Waals surface area contributed by atoms with E-state index in [9.17, 15) is 14.9 Å². The molecule has 10 nitrogen and oxygen atoms in total. The van der Waals surface area contributed by atoms with Gasteiger partial charge in [0, 0.05) is 42.8 Å². The van der Waals surface area contributed by atoms with Gasteiger partial charge in [0.2, 0.25) is 5.91 Å². The summed E-state index contributed by atoms with van der Waals surface area (Å²) in [6, 6.07) is 6.09. The van der Waals surface area contributed by atoms with Crippen LogP contribution in [0.5, 0.6) is 0 Å². The van der Waals surface area contributed by atoms with Gasteiger partial charge in [-0.3, -0.25) is 9.89 Å². The van der Waals surface area contributed by atoms with E-state index < -0.39 is 5.69 Å². The molecule has 1 saturated heterocycles. The first-order valence-corrected chi connectivity index (χ1v) is 12.3. The molecule has 1 fully saturated rings. The smallest absolute Gasteiger partial charge is 0.347 e. The third-order valence-corrected chi connectivity index (χ3v) is 7.37. The number of hydrogen-bond acceptors (Lipinski definition) is 7. The molecule has 0 saturated carbocycles. The molecule has 2 aliphatic heterocycles. The predicted molar refractivity (Wildman–Crippen MR) is 138 cm³/mol. The van der Waals surface area contributed by atoms with Crippen molar-refractivity contribution in [3.63, 3.8) is 0 Å². The first-order chi connectivity index (χ1) is 17.4. The number of carbonyl (C=O) groups excluding carboxylic acids is 1. The molecular weight excluding hydrogens is 456 g/mol. The summed E-state index contributed by atoms with van der Waals surface area (Å²) >= 11 is 0. The number of nitriles is 1. The number of rotatable bonds is 4. The molecule has 0 spiro atoms. The largest absolute Gasteiger partial charge is 0.365 e. The number of nitrogens with one attached hydrogen (secondary N) is 2.